The Morgan fingerprint density at radius 3 is 2.57 bits per heavy atom. The molecule has 3 heterocycles. The summed E-state index contributed by atoms with van der Waals surface area (Å²) in [6.07, 6.45) is 3.87. The van der Waals surface area contributed by atoms with Crippen molar-refractivity contribution >= 4 is 32.2 Å². The molecule has 3 aromatic rings. The van der Waals surface area contributed by atoms with E-state index in [4.69, 9.17) is 9.72 Å². The Balaban J connectivity index is 1.64. The minimum atomic E-state index is -3.91. The lowest BCUT2D eigenvalue weighted by Gasteiger charge is -2.37. The summed E-state index contributed by atoms with van der Waals surface area (Å²) in [6.45, 7) is 10.2. The molecule has 0 bridgehead atoms. The average Bonchev–Trinajstić information content (AvgIpc) is 3.19. The minimum absolute atomic E-state index is 0.0677. The third-order valence-corrected chi connectivity index (χ3v) is 9.06. The SMILES string of the molecule is COc1ccc(-c2sc(NC(C)(C)C3CCNCC3)nc2C)cc1S(=O)(=O)Nc1cccnc1C. The number of methoxy groups -OCH3 is 1. The highest BCUT2D eigenvalue weighted by Crippen LogP contribution is 2.39. The first-order chi connectivity index (χ1) is 16.6. The number of piperidine rings is 1. The molecule has 188 valence electrons. The van der Waals surface area contributed by atoms with Gasteiger partial charge in [0.1, 0.15) is 10.6 Å². The first-order valence-corrected chi connectivity index (χ1v) is 14.0. The van der Waals surface area contributed by atoms with Gasteiger partial charge in [-0.15, -0.1) is 0 Å². The molecule has 0 radical (unpaired) electrons. The van der Waals surface area contributed by atoms with Crippen molar-refractivity contribution < 1.29 is 13.2 Å². The number of sulfonamides is 1. The molecule has 1 aliphatic heterocycles. The van der Waals surface area contributed by atoms with Crippen LogP contribution in [0, 0.1) is 19.8 Å². The maximum Gasteiger partial charge on any atom is 0.265 e. The molecule has 1 saturated heterocycles. The Bertz CT molecular complexity index is 1300. The number of nitrogens with one attached hydrogen (secondary N) is 3. The Hall–Kier alpha value is -2.69. The molecule has 8 nitrogen and oxygen atoms in total. The number of benzene rings is 1. The first-order valence-electron chi connectivity index (χ1n) is 11.7. The molecule has 35 heavy (non-hydrogen) atoms. The van der Waals surface area contributed by atoms with Crippen molar-refractivity contribution in [2.45, 2.75) is 51.0 Å². The summed E-state index contributed by atoms with van der Waals surface area (Å²) in [7, 11) is -2.45. The van der Waals surface area contributed by atoms with E-state index in [1.807, 2.05) is 13.0 Å². The van der Waals surface area contributed by atoms with Crippen molar-refractivity contribution in [3.63, 3.8) is 0 Å². The van der Waals surface area contributed by atoms with Crippen LogP contribution in [0.2, 0.25) is 0 Å². The van der Waals surface area contributed by atoms with Crippen LogP contribution >= 0.6 is 11.3 Å². The predicted octanol–water partition coefficient (Wildman–Crippen LogP) is 4.82. The molecule has 0 atom stereocenters. The Morgan fingerprint density at radius 1 is 1.14 bits per heavy atom. The topological polar surface area (TPSA) is 105 Å². The molecule has 0 aliphatic carbocycles. The average molecular weight is 516 g/mol. The molecule has 10 heteroatoms. The van der Waals surface area contributed by atoms with Gasteiger partial charge in [-0.25, -0.2) is 13.4 Å². The lowest BCUT2D eigenvalue weighted by Crippen LogP contribution is -2.44. The zero-order valence-corrected chi connectivity index (χ0v) is 22.4. The predicted molar refractivity (Wildman–Crippen MR) is 142 cm³/mol. The summed E-state index contributed by atoms with van der Waals surface area (Å²) in [5.74, 6) is 0.825. The lowest BCUT2D eigenvalue weighted by atomic mass is 9.81. The van der Waals surface area contributed by atoms with Gasteiger partial charge >= 0.3 is 0 Å². The van der Waals surface area contributed by atoms with Crippen molar-refractivity contribution in [3.05, 3.63) is 47.9 Å². The first kappa shape index (κ1) is 25.4. The van der Waals surface area contributed by atoms with Gasteiger partial charge in [0.2, 0.25) is 0 Å². The molecule has 4 rings (SSSR count). The van der Waals surface area contributed by atoms with E-state index in [9.17, 15) is 8.42 Å². The number of thiazole rings is 1. The van der Waals surface area contributed by atoms with E-state index in [1.54, 1.807) is 37.4 Å². The molecule has 0 saturated carbocycles. The van der Waals surface area contributed by atoms with E-state index in [0.717, 1.165) is 47.2 Å². The van der Waals surface area contributed by atoms with Gasteiger partial charge in [-0.2, -0.15) is 0 Å². The molecule has 1 fully saturated rings. The number of rotatable bonds is 8. The summed E-state index contributed by atoms with van der Waals surface area (Å²) in [5.41, 5.74) is 2.56. The third kappa shape index (κ3) is 5.60. The van der Waals surface area contributed by atoms with Gasteiger partial charge < -0.3 is 15.4 Å². The number of nitrogens with zero attached hydrogens (tertiary/aromatic N) is 2. The van der Waals surface area contributed by atoms with Crippen LogP contribution in [0.15, 0.2) is 41.4 Å². The maximum absolute atomic E-state index is 13.3. The van der Waals surface area contributed by atoms with Crippen molar-refractivity contribution in [1.82, 2.24) is 15.3 Å². The van der Waals surface area contributed by atoms with Gasteiger partial charge in [0.15, 0.2) is 5.13 Å². The number of hydrogen-bond donors (Lipinski definition) is 3. The van der Waals surface area contributed by atoms with E-state index < -0.39 is 10.0 Å². The van der Waals surface area contributed by atoms with Crippen molar-refractivity contribution in [3.8, 4) is 16.2 Å². The van der Waals surface area contributed by atoms with Crippen molar-refractivity contribution in [2.75, 3.05) is 30.2 Å². The molecule has 0 amide bonds. The van der Waals surface area contributed by atoms with Crippen molar-refractivity contribution in [1.29, 1.82) is 0 Å². The minimum Gasteiger partial charge on any atom is -0.495 e. The van der Waals surface area contributed by atoms with Crippen LogP contribution in [-0.4, -0.2) is 44.1 Å². The molecule has 3 N–H and O–H groups in total. The van der Waals surface area contributed by atoms with Gasteiger partial charge in [-0.05, 0) is 95.4 Å². The highest BCUT2D eigenvalue weighted by Gasteiger charge is 2.31. The van der Waals surface area contributed by atoms with Crippen LogP contribution < -0.4 is 20.1 Å². The summed E-state index contributed by atoms with van der Waals surface area (Å²) in [4.78, 5) is 9.92. The van der Waals surface area contributed by atoms with E-state index in [0.29, 0.717) is 17.3 Å². The number of aryl methyl sites for hydroxylation is 2. The summed E-state index contributed by atoms with van der Waals surface area (Å²) in [6, 6.07) is 8.58. The highest BCUT2D eigenvalue weighted by molar-refractivity contribution is 7.92. The number of pyridine rings is 1. The lowest BCUT2D eigenvalue weighted by molar-refractivity contribution is 0.269. The molecule has 1 aliphatic rings. The number of anilines is 2. The summed E-state index contributed by atoms with van der Waals surface area (Å²) >= 11 is 1.54. The van der Waals surface area contributed by atoms with Gasteiger partial charge in [0.25, 0.3) is 10.0 Å². The van der Waals surface area contributed by atoms with E-state index in [2.05, 4.69) is 34.2 Å². The zero-order chi connectivity index (χ0) is 25.2. The molecule has 2 aromatic heterocycles. The number of hydrogen-bond acceptors (Lipinski definition) is 8. The van der Waals surface area contributed by atoms with E-state index >= 15 is 0 Å². The Morgan fingerprint density at radius 2 is 1.89 bits per heavy atom. The fourth-order valence-corrected chi connectivity index (χ4v) is 6.90. The van der Waals surface area contributed by atoms with Crippen LogP contribution in [0.3, 0.4) is 0 Å². The van der Waals surface area contributed by atoms with Gasteiger partial charge in [0, 0.05) is 11.7 Å². The summed E-state index contributed by atoms with van der Waals surface area (Å²) in [5, 5.41) is 7.90. The molecule has 1 aromatic carbocycles. The van der Waals surface area contributed by atoms with Gasteiger partial charge in [-0.3, -0.25) is 9.71 Å². The normalized spacial score (nSPS) is 15.1. The van der Waals surface area contributed by atoms with Crippen LogP contribution in [0.1, 0.15) is 38.1 Å². The quantitative estimate of drug-likeness (QED) is 0.395. The number of aromatic nitrogens is 2. The maximum atomic E-state index is 13.3. The number of ether oxygens (including phenoxy) is 1. The van der Waals surface area contributed by atoms with Crippen LogP contribution in [0.5, 0.6) is 5.75 Å². The van der Waals surface area contributed by atoms with Crippen LogP contribution in [0.4, 0.5) is 10.8 Å². The van der Waals surface area contributed by atoms with Crippen LogP contribution in [-0.2, 0) is 10.0 Å². The van der Waals surface area contributed by atoms with Crippen molar-refractivity contribution in [2.24, 2.45) is 5.92 Å². The molecule has 0 spiro atoms. The second-order valence-electron chi connectivity index (χ2n) is 9.41. The van der Waals surface area contributed by atoms with E-state index in [1.165, 1.54) is 18.4 Å². The Labute approximate surface area is 211 Å². The van der Waals surface area contributed by atoms with Gasteiger partial charge in [0.05, 0.1) is 29.1 Å². The standard InChI is InChI=1S/C25H33N5O3S2/c1-16-20(7-6-12-27-16)30-35(31,32)22-15-18(8-9-21(22)33-5)23-17(2)28-24(34-23)29-25(3,4)19-10-13-26-14-11-19/h6-9,12,15,19,26,30H,10-11,13-14H2,1-5H3,(H,28,29). The van der Waals surface area contributed by atoms with E-state index in [-0.39, 0.29) is 16.2 Å². The summed E-state index contributed by atoms with van der Waals surface area (Å²) < 4.78 is 34.7. The third-order valence-electron chi connectivity index (χ3n) is 6.55. The fraction of sp³-hybridized carbons (Fsp3) is 0.440. The second kappa shape index (κ2) is 10.1. The zero-order valence-electron chi connectivity index (χ0n) is 20.8. The van der Waals surface area contributed by atoms with Gasteiger partial charge in [-0.1, -0.05) is 11.3 Å². The fourth-order valence-electron chi connectivity index (χ4n) is 4.46. The molecule has 0 unspecified atom stereocenters. The highest BCUT2D eigenvalue weighted by atomic mass is 32.2. The monoisotopic (exact) mass is 515 g/mol. The van der Waals surface area contributed by atoms with Crippen LogP contribution in [0.25, 0.3) is 10.4 Å². The smallest absolute Gasteiger partial charge is 0.265 e. The second-order valence-corrected chi connectivity index (χ2v) is 12.1. The Kier molecular flexibility index (Phi) is 7.35. The largest absolute Gasteiger partial charge is 0.495 e. The molecular weight excluding hydrogens is 482 g/mol. The molecular formula is C25H33N5O3S2.